The maximum Gasteiger partial charge on any atom is 0.307 e. The lowest BCUT2D eigenvalue weighted by molar-refractivity contribution is -0.153. The molecule has 0 radical (unpaired) electrons. The van der Waals surface area contributed by atoms with Crippen LogP contribution in [0.25, 0.3) is 0 Å². The van der Waals surface area contributed by atoms with Crippen molar-refractivity contribution in [3.8, 4) is 11.5 Å². The number of anilines is 1. The zero-order valence-corrected chi connectivity index (χ0v) is 17.5. The van der Waals surface area contributed by atoms with Gasteiger partial charge in [-0.05, 0) is 49.7 Å². The Labute approximate surface area is 176 Å². The standard InChI is InChI=1S/C23H27NO6/c1-4-15-29-18-11-9-17(10-12-18)20(25)13-14-22(26)30-16(2)23(27)24-19-7-5-6-8-21(19)28-3/h5-12,16H,4,13-15H2,1-3H3,(H,24,27)/t16-/m1/s1. The number of para-hydroxylation sites is 2. The molecule has 1 amide bonds. The third-order valence-electron chi connectivity index (χ3n) is 4.25. The van der Waals surface area contributed by atoms with Crippen molar-refractivity contribution < 1.29 is 28.6 Å². The number of benzene rings is 2. The average Bonchev–Trinajstić information content (AvgIpc) is 2.76. The number of methoxy groups -OCH3 is 1. The third-order valence-corrected chi connectivity index (χ3v) is 4.25. The summed E-state index contributed by atoms with van der Waals surface area (Å²) < 4.78 is 15.8. The molecule has 1 atom stereocenters. The lowest BCUT2D eigenvalue weighted by Crippen LogP contribution is -2.30. The van der Waals surface area contributed by atoms with E-state index < -0.39 is 18.0 Å². The van der Waals surface area contributed by atoms with Crippen LogP contribution >= 0.6 is 0 Å². The predicted molar refractivity (Wildman–Crippen MR) is 113 cm³/mol. The van der Waals surface area contributed by atoms with Crippen LogP contribution in [0, 0.1) is 0 Å². The summed E-state index contributed by atoms with van der Waals surface area (Å²) in [5.74, 6) is -0.0836. The van der Waals surface area contributed by atoms with Crippen LogP contribution < -0.4 is 14.8 Å². The van der Waals surface area contributed by atoms with Crippen LogP contribution in [0.15, 0.2) is 48.5 Å². The Bertz CT molecular complexity index is 862. The minimum atomic E-state index is -1.01. The van der Waals surface area contributed by atoms with Gasteiger partial charge in [0.25, 0.3) is 5.91 Å². The second-order valence-electron chi connectivity index (χ2n) is 6.62. The SMILES string of the molecule is CCCOc1ccc(C(=O)CCC(=O)O[C@H](C)C(=O)Nc2ccccc2OC)cc1. The number of carbonyl (C=O) groups excluding carboxylic acids is 3. The van der Waals surface area contributed by atoms with E-state index in [2.05, 4.69) is 5.32 Å². The second-order valence-corrected chi connectivity index (χ2v) is 6.62. The summed E-state index contributed by atoms with van der Waals surface area (Å²) >= 11 is 0. The molecule has 2 aromatic rings. The third kappa shape index (κ3) is 6.92. The molecule has 0 unspecified atom stereocenters. The zero-order valence-electron chi connectivity index (χ0n) is 17.5. The van der Waals surface area contributed by atoms with Crippen LogP contribution in [-0.4, -0.2) is 37.5 Å². The van der Waals surface area contributed by atoms with E-state index in [-0.39, 0.29) is 18.6 Å². The van der Waals surface area contributed by atoms with Crippen LogP contribution in [0.3, 0.4) is 0 Å². The summed E-state index contributed by atoms with van der Waals surface area (Å²) in [5, 5.41) is 2.66. The highest BCUT2D eigenvalue weighted by atomic mass is 16.5. The molecule has 0 aromatic heterocycles. The molecule has 0 bridgehead atoms. The van der Waals surface area contributed by atoms with Gasteiger partial charge >= 0.3 is 5.97 Å². The van der Waals surface area contributed by atoms with Crippen LogP contribution in [0.2, 0.25) is 0 Å². The summed E-state index contributed by atoms with van der Waals surface area (Å²) in [6, 6.07) is 13.7. The summed E-state index contributed by atoms with van der Waals surface area (Å²) in [4.78, 5) is 36.6. The summed E-state index contributed by atoms with van der Waals surface area (Å²) in [6.07, 6.45) is -0.223. The quantitative estimate of drug-likeness (QED) is 0.442. The Morgan fingerprint density at radius 2 is 1.70 bits per heavy atom. The zero-order chi connectivity index (χ0) is 21.9. The smallest absolute Gasteiger partial charge is 0.307 e. The van der Waals surface area contributed by atoms with E-state index in [1.54, 1.807) is 48.5 Å². The Kier molecular flexibility index (Phi) is 8.87. The first-order valence-electron chi connectivity index (χ1n) is 9.84. The molecule has 0 spiro atoms. The number of rotatable bonds is 11. The monoisotopic (exact) mass is 413 g/mol. The number of nitrogens with one attached hydrogen (secondary N) is 1. The molecular weight excluding hydrogens is 386 g/mol. The van der Waals surface area contributed by atoms with Crippen molar-refractivity contribution in [2.75, 3.05) is 19.0 Å². The molecule has 1 N–H and O–H groups in total. The predicted octanol–water partition coefficient (Wildman–Crippen LogP) is 4.02. The van der Waals surface area contributed by atoms with Gasteiger partial charge in [0.2, 0.25) is 0 Å². The number of hydrogen-bond donors (Lipinski definition) is 1. The molecule has 30 heavy (non-hydrogen) atoms. The summed E-state index contributed by atoms with van der Waals surface area (Å²) in [5.41, 5.74) is 0.975. The Morgan fingerprint density at radius 1 is 1.00 bits per heavy atom. The van der Waals surface area contributed by atoms with E-state index in [1.807, 2.05) is 6.92 Å². The molecule has 0 fully saturated rings. The highest BCUT2D eigenvalue weighted by molar-refractivity contribution is 5.98. The van der Waals surface area contributed by atoms with Gasteiger partial charge in [-0.3, -0.25) is 14.4 Å². The van der Waals surface area contributed by atoms with Gasteiger partial charge in [0, 0.05) is 12.0 Å². The first-order valence-corrected chi connectivity index (χ1v) is 9.84. The molecule has 0 saturated carbocycles. The van der Waals surface area contributed by atoms with Crippen molar-refractivity contribution in [3.05, 3.63) is 54.1 Å². The molecule has 2 rings (SSSR count). The van der Waals surface area contributed by atoms with E-state index in [0.29, 0.717) is 29.4 Å². The van der Waals surface area contributed by atoms with E-state index in [1.165, 1.54) is 14.0 Å². The van der Waals surface area contributed by atoms with Crippen LogP contribution in [0.1, 0.15) is 43.5 Å². The van der Waals surface area contributed by atoms with Gasteiger partial charge in [-0.1, -0.05) is 19.1 Å². The van der Waals surface area contributed by atoms with E-state index in [9.17, 15) is 14.4 Å². The summed E-state index contributed by atoms with van der Waals surface area (Å²) in [7, 11) is 1.50. The number of ketones is 1. The molecule has 7 nitrogen and oxygen atoms in total. The van der Waals surface area contributed by atoms with Crippen molar-refractivity contribution in [2.45, 2.75) is 39.2 Å². The fraction of sp³-hybridized carbons (Fsp3) is 0.348. The number of carbonyl (C=O) groups is 3. The minimum Gasteiger partial charge on any atom is -0.495 e. The molecule has 160 valence electrons. The highest BCUT2D eigenvalue weighted by Crippen LogP contribution is 2.23. The molecule has 0 heterocycles. The molecule has 0 aliphatic rings. The van der Waals surface area contributed by atoms with Crippen molar-refractivity contribution in [2.24, 2.45) is 0 Å². The Hall–Kier alpha value is -3.35. The molecule has 7 heteroatoms. The largest absolute Gasteiger partial charge is 0.495 e. The van der Waals surface area contributed by atoms with Crippen molar-refractivity contribution in [1.82, 2.24) is 0 Å². The Morgan fingerprint density at radius 3 is 2.37 bits per heavy atom. The van der Waals surface area contributed by atoms with Crippen molar-refractivity contribution in [3.63, 3.8) is 0 Å². The maximum absolute atomic E-state index is 12.3. The first-order chi connectivity index (χ1) is 14.4. The lowest BCUT2D eigenvalue weighted by atomic mass is 10.1. The molecule has 2 aromatic carbocycles. The minimum absolute atomic E-state index is 0.00511. The number of ether oxygens (including phenoxy) is 3. The maximum atomic E-state index is 12.3. The number of esters is 1. The van der Waals surface area contributed by atoms with Crippen LogP contribution in [0.4, 0.5) is 5.69 Å². The van der Waals surface area contributed by atoms with Gasteiger partial charge in [-0.15, -0.1) is 0 Å². The highest BCUT2D eigenvalue weighted by Gasteiger charge is 2.20. The van der Waals surface area contributed by atoms with Gasteiger partial charge in [0.05, 0.1) is 25.8 Å². The number of amides is 1. The van der Waals surface area contributed by atoms with Crippen LogP contribution in [-0.2, 0) is 14.3 Å². The fourth-order valence-electron chi connectivity index (χ4n) is 2.61. The van der Waals surface area contributed by atoms with Crippen LogP contribution in [0.5, 0.6) is 11.5 Å². The second kappa shape index (κ2) is 11.6. The van der Waals surface area contributed by atoms with Gasteiger partial charge in [0.1, 0.15) is 11.5 Å². The molecule has 0 saturated heterocycles. The van der Waals surface area contributed by atoms with E-state index in [4.69, 9.17) is 14.2 Å². The van der Waals surface area contributed by atoms with Crippen molar-refractivity contribution in [1.29, 1.82) is 0 Å². The average molecular weight is 413 g/mol. The molecule has 0 aliphatic carbocycles. The lowest BCUT2D eigenvalue weighted by Gasteiger charge is -2.15. The van der Waals surface area contributed by atoms with Gasteiger partial charge < -0.3 is 19.5 Å². The summed E-state index contributed by atoms with van der Waals surface area (Å²) in [6.45, 7) is 4.10. The van der Waals surface area contributed by atoms with Gasteiger partial charge in [-0.25, -0.2) is 0 Å². The molecular formula is C23H27NO6. The number of Topliss-reactive ketones (excluding diaryl/α,β-unsaturated/α-hetero) is 1. The normalized spacial score (nSPS) is 11.3. The van der Waals surface area contributed by atoms with Crippen molar-refractivity contribution >= 4 is 23.3 Å². The first kappa shape index (κ1) is 22.9. The topological polar surface area (TPSA) is 90.9 Å². The van der Waals surface area contributed by atoms with E-state index >= 15 is 0 Å². The molecule has 0 aliphatic heterocycles. The Balaban J connectivity index is 1.80. The number of hydrogen-bond acceptors (Lipinski definition) is 6. The van der Waals surface area contributed by atoms with Gasteiger partial charge in [0.15, 0.2) is 11.9 Å². The van der Waals surface area contributed by atoms with E-state index in [0.717, 1.165) is 6.42 Å². The fourth-order valence-corrected chi connectivity index (χ4v) is 2.61. The van der Waals surface area contributed by atoms with Gasteiger partial charge in [-0.2, -0.15) is 0 Å².